The molecule has 0 saturated carbocycles. The summed E-state index contributed by atoms with van der Waals surface area (Å²) in [5.41, 5.74) is 1.91. The molecule has 0 spiro atoms. The van der Waals surface area contributed by atoms with Gasteiger partial charge in [0.1, 0.15) is 22.8 Å². The standard InChI is InChI=1S/C21H22N6O2S/c1-3-29-16-12-17(15-7-5-4-6-8-15)30-19(16)20(28)23-10-9-22-18-11-14(2)26-21-24-13-25-27(18)21/h4-8,11-13,22H,3,9-10H2,1-2H3,(H,23,28). The lowest BCUT2D eigenvalue weighted by Gasteiger charge is -2.10. The summed E-state index contributed by atoms with van der Waals surface area (Å²) in [7, 11) is 0. The molecule has 3 heterocycles. The van der Waals surface area contributed by atoms with E-state index in [0.717, 1.165) is 22.0 Å². The van der Waals surface area contributed by atoms with Gasteiger partial charge < -0.3 is 15.4 Å². The van der Waals surface area contributed by atoms with E-state index in [2.05, 4.69) is 25.7 Å². The zero-order chi connectivity index (χ0) is 20.9. The number of hydrogen-bond acceptors (Lipinski definition) is 7. The van der Waals surface area contributed by atoms with E-state index in [9.17, 15) is 4.79 Å². The number of benzene rings is 1. The second kappa shape index (κ2) is 8.91. The molecular weight excluding hydrogens is 400 g/mol. The first kappa shape index (κ1) is 19.8. The first-order valence-corrected chi connectivity index (χ1v) is 10.5. The van der Waals surface area contributed by atoms with Gasteiger partial charge in [0.15, 0.2) is 0 Å². The van der Waals surface area contributed by atoms with Gasteiger partial charge in [0.25, 0.3) is 11.7 Å². The summed E-state index contributed by atoms with van der Waals surface area (Å²) in [6.07, 6.45) is 1.46. The van der Waals surface area contributed by atoms with Crippen molar-refractivity contribution < 1.29 is 9.53 Å². The Labute approximate surface area is 177 Å². The van der Waals surface area contributed by atoms with Crippen LogP contribution >= 0.6 is 11.3 Å². The van der Waals surface area contributed by atoms with E-state index < -0.39 is 0 Å². The number of hydrogen-bond donors (Lipinski definition) is 2. The van der Waals surface area contributed by atoms with Gasteiger partial charge in [-0.25, -0.2) is 4.98 Å². The maximum absolute atomic E-state index is 12.8. The molecule has 0 saturated heterocycles. The van der Waals surface area contributed by atoms with Crippen molar-refractivity contribution in [1.82, 2.24) is 24.9 Å². The van der Waals surface area contributed by atoms with Crippen LogP contribution in [0.1, 0.15) is 22.3 Å². The highest BCUT2D eigenvalue weighted by molar-refractivity contribution is 7.17. The molecular formula is C21H22N6O2S. The number of aromatic nitrogens is 4. The van der Waals surface area contributed by atoms with Crippen LogP contribution < -0.4 is 15.4 Å². The molecule has 0 fully saturated rings. The SMILES string of the molecule is CCOc1cc(-c2ccccc2)sc1C(=O)NCCNc1cc(C)nc2ncnn12. The van der Waals surface area contributed by atoms with Crippen LogP contribution in [0, 0.1) is 6.92 Å². The Morgan fingerprint density at radius 1 is 1.20 bits per heavy atom. The number of fused-ring (bicyclic) bond motifs is 1. The minimum Gasteiger partial charge on any atom is -0.492 e. The van der Waals surface area contributed by atoms with Gasteiger partial charge in [0.2, 0.25) is 0 Å². The number of amides is 1. The van der Waals surface area contributed by atoms with Crippen LogP contribution in [0.15, 0.2) is 48.8 Å². The number of thiophene rings is 1. The highest BCUT2D eigenvalue weighted by Gasteiger charge is 2.18. The minimum atomic E-state index is -0.149. The fraction of sp³-hybridized carbons (Fsp3) is 0.238. The highest BCUT2D eigenvalue weighted by atomic mass is 32.1. The Morgan fingerprint density at radius 2 is 2.03 bits per heavy atom. The summed E-state index contributed by atoms with van der Waals surface area (Å²) < 4.78 is 7.33. The van der Waals surface area contributed by atoms with Crippen LogP contribution in [0.5, 0.6) is 5.75 Å². The molecule has 0 aliphatic carbocycles. The molecule has 9 heteroatoms. The lowest BCUT2D eigenvalue weighted by atomic mass is 10.2. The predicted molar refractivity (Wildman–Crippen MR) is 117 cm³/mol. The van der Waals surface area contributed by atoms with Crippen molar-refractivity contribution in [3.8, 4) is 16.2 Å². The number of carbonyl (C=O) groups excluding carboxylic acids is 1. The van der Waals surface area contributed by atoms with E-state index in [-0.39, 0.29) is 5.91 Å². The number of aryl methyl sites for hydroxylation is 1. The second-order valence-corrected chi connectivity index (χ2v) is 7.59. The molecule has 2 N–H and O–H groups in total. The van der Waals surface area contributed by atoms with Gasteiger partial charge in [0.05, 0.1) is 6.61 Å². The van der Waals surface area contributed by atoms with Gasteiger partial charge in [0, 0.05) is 29.7 Å². The summed E-state index contributed by atoms with van der Waals surface area (Å²) in [5, 5.41) is 10.4. The smallest absolute Gasteiger partial charge is 0.265 e. The van der Waals surface area contributed by atoms with E-state index >= 15 is 0 Å². The molecule has 4 rings (SSSR count). The van der Waals surface area contributed by atoms with Gasteiger partial charge in [-0.1, -0.05) is 30.3 Å². The zero-order valence-electron chi connectivity index (χ0n) is 16.8. The zero-order valence-corrected chi connectivity index (χ0v) is 17.6. The largest absolute Gasteiger partial charge is 0.492 e. The maximum Gasteiger partial charge on any atom is 0.265 e. The van der Waals surface area contributed by atoms with Crippen LogP contribution in [0.2, 0.25) is 0 Å². The van der Waals surface area contributed by atoms with Crippen molar-refractivity contribution in [3.63, 3.8) is 0 Å². The normalized spacial score (nSPS) is 10.9. The highest BCUT2D eigenvalue weighted by Crippen LogP contribution is 2.36. The average molecular weight is 423 g/mol. The summed E-state index contributed by atoms with van der Waals surface area (Å²) in [6.45, 7) is 5.29. The molecule has 0 atom stereocenters. The van der Waals surface area contributed by atoms with Crippen molar-refractivity contribution in [2.24, 2.45) is 0 Å². The third-order valence-electron chi connectivity index (χ3n) is 4.36. The third-order valence-corrected chi connectivity index (χ3v) is 5.52. The molecule has 0 bridgehead atoms. The van der Waals surface area contributed by atoms with Crippen molar-refractivity contribution in [1.29, 1.82) is 0 Å². The van der Waals surface area contributed by atoms with Gasteiger partial charge >= 0.3 is 0 Å². The molecule has 3 aromatic heterocycles. The Hall–Kier alpha value is -3.46. The average Bonchev–Trinajstić information content (AvgIpc) is 3.39. The lowest BCUT2D eigenvalue weighted by Crippen LogP contribution is -2.28. The van der Waals surface area contributed by atoms with E-state index in [1.807, 2.05) is 56.3 Å². The molecule has 0 radical (unpaired) electrons. The Bertz CT molecular complexity index is 1150. The summed E-state index contributed by atoms with van der Waals surface area (Å²) >= 11 is 1.43. The van der Waals surface area contributed by atoms with E-state index in [4.69, 9.17) is 4.74 Å². The van der Waals surface area contributed by atoms with Crippen LogP contribution in [-0.4, -0.2) is 45.2 Å². The summed E-state index contributed by atoms with van der Waals surface area (Å²) in [5.74, 6) is 1.78. The first-order valence-electron chi connectivity index (χ1n) is 9.67. The monoisotopic (exact) mass is 422 g/mol. The van der Waals surface area contributed by atoms with Gasteiger partial charge in [-0.15, -0.1) is 11.3 Å². The third kappa shape index (κ3) is 4.25. The Balaban J connectivity index is 1.41. The first-order chi connectivity index (χ1) is 14.7. The number of ether oxygens (including phenoxy) is 1. The van der Waals surface area contributed by atoms with E-state index in [1.165, 1.54) is 17.7 Å². The van der Waals surface area contributed by atoms with Crippen molar-refractivity contribution in [3.05, 3.63) is 59.4 Å². The number of nitrogens with one attached hydrogen (secondary N) is 2. The predicted octanol–water partition coefficient (Wildman–Crippen LogP) is 3.40. The molecule has 154 valence electrons. The van der Waals surface area contributed by atoms with Crippen molar-refractivity contribution >= 4 is 28.8 Å². The molecule has 1 amide bonds. The number of carbonyl (C=O) groups is 1. The quantitative estimate of drug-likeness (QED) is 0.423. The molecule has 1 aromatic carbocycles. The molecule has 0 aliphatic rings. The van der Waals surface area contributed by atoms with Crippen LogP contribution in [0.25, 0.3) is 16.2 Å². The van der Waals surface area contributed by atoms with Gasteiger partial charge in [-0.05, 0) is 25.5 Å². The minimum absolute atomic E-state index is 0.149. The molecule has 0 aliphatic heterocycles. The van der Waals surface area contributed by atoms with Crippen LogP contribution in [0.4, 0.5) is 5.82 Å². The van der Waals surface area contributed by atoms with Crippen molar-refractivity contribution in [2.45, 2.75) is 13.8 Å². The number of anilines is 1. The maximum atomic E-state index is 12.8. The van der Waals surface area contributed by atoms with Gasteiger partial charge in [-0.2, -0.15) is 14.6 Å². The fourth-order valence-corrected chi connectivity index (χ4v) is 4.07. The summed E-state index contributed by atoms with van der Waals surface area (Å²) in [6, 6.07) is 13.8. The second-order valence-electron chi connectivity index (χ2n) is 6.54. The lowest BCUT2D eigenvalue weighted by molar-refractivity contribution is 0.0956. The molecule has 4 aromatic rings. The molecule has 30 heavy (non-hydrogen) atoms. The Kier molecular flexibility index (Phi) is 5.89. The van der Waals surface area contributed by atoms with Crippen molar-refractivity contribution in [2.75, 3.05) is 25.0 Å². The fourth-order valence-electron chi connectivity index (χ4n) is 3.04. The topological polar surface area (TPSA) is 93.4 Å². The van der Waals surface area contributed by atoms with Gasteiger partial charge in [-0.3, -0.25) is 4.79 Å². The summed E-state index contributed by atoms with van der Waals surface area (Å²) in [4.78, 5) is 22.8. The number of rotatable bonds is 8. The van der Waals surface area contributed by atoms with Crippen LogP contribution in [0.3, 0.4) is 0 Å². The number of nitrogens with zero attached hydrogens (tertiary/aromatic N) is 4. The van der Waals surface area contributed by atoms with E-state index in [1.54, 1.807) is 4.52 Å². The van der Waals surface area contributed by atoms with E-state index in [0.29, 0.717) is 36.1 Å². The molecule has 8 nitrogen and oxygen atoms in total. The molecule has 0 unspecified atom stereocenters. The Morgan fingerprint density at radius 3 is 2.83 bits per heavy atom. The van der Waals surface area contributed by atoms with Crippen LogP contribution in [-0.2, 0) is 0 Å².